The topological polar surface area (TPSA) is 156 Å². The molecule has 3 heterocycles. The van der Waals surface area contributed by atoms with E-state index in [0.29, 0.717) is 27.8 Å². The van der Waals surface area contributed by atoms with Crippen LogP contribution in [0.4, 0.5) is 5.69 Å². The number of rotatable bonds is 6. The molecule has 0 aliphatic carbocycles. The number of sulfone groups is 1. The Labute approximate surface area is 188 Å². The van der Waals surface area contributed by atoms with Gasteiger partial charge in [-0.05, 0) is 18.2 Å². The van der Waals surface area contributed by atoms with E-state index in [0.717, 1.165) is 16.6 Å². The van der Waals surface area contributed by atoms with Gasteiger partial charge in [-0.25, -0.2) is 26.8 Å². The molecule has 3 aromatic heterocycles. The van der Waals surface area contributed by atoms with Crippen LogP contribution in [0.5, 0.6) is 0 Å². The van der Waals surface area contributed by atoms with Crippen molar-refractivity contribution in [2.75, 3.05) is 24.0 Å². The summed E-state index contributed by atoms with van der Waals surface area (Å²) in [5.41, 5.74) is 8.05. The summed E-state index contributed by atoms with van der Waals surface area (Å²) in [5.74, 6) is 0.0997. The molecule has 0 spiro atoms. The predicted octanol–water partition coefficient (Wildman–Crippen LogP) is 1.44. The Morgan fingerprint density at radius 2 is 1.88 bits per heavy atom. The van der Waals surface area contributed by atoms with Crippen LogP contribution in [-0.4, -0.2) is 64.0 Å². The third kappa shape index (κ3) is 4.45. The number of aromatic nitrogens is 6. The maximum atomic E-state index is 11.8. The summed E-state index contributed by atoms with van der Waals surface area (Å²) in [6.45, 7) is 0.0794. The maximum absolute atomic E-state index is 11.8. The van der Waals surface area contributed by atoms with Crippen LogP contribution in [0.1, 0.15) is 0 Å². The minimum atomic E-state index is -3.58. The molecule has 14 heteroatoms. The van der Waals surface area contributed by atoms with Gasteiger partial charge >= 0.3 is 0 Å². The van der Waals surface area contributed by atoms with Gasteiger partial charge in [0.2, 0.25) is 0 Å². The molecule has 0 aliphatic heterocycles. The van der Waals surface area contributed by atoms with Crippen molar-refractivity contribution in [3.05, 3.63) is 41.8 Å². The Morgan fingerprint density at radius 1 is 1.12 bits per heavy atom. The zero-order valence-corrected chi connectivity index (χ0v) is 19.4. The zero-order chi connectivity index (χ0) is 23.3. The average molecular weight is 496 g/mol. The Kier molecular flexibility index (Phi) is 5.43. The van der Waals surface area contributed by atoms with E-state index in [-0.39, 0.29) is 28.8 Å². The van der Waals surface area contributed by atoms with Gasteiger partial charge in [0.05, 0.1) is 53.4 Å². The van der Waals surface area contributed by atoms with Gasteiger partial charge in [0.15, 0.2) is 5.82 Å². The fourth-order valence-corrected chi connectivity index (χ4v) is 4.32. The highest BCUT2D eigenvalue weighted by molar-refractivity contribution is 7.90. The fraction of sp³-hybridized carbons (Fsp3) is 0.222. The molecule has 0 aliphatic rings. The summed E-state index contributed by atoms with van der Waals surface area (Å²) in [6.07, 6.45) is 6.18. The van der Waals surface area contributed by atoms with Crippen molar-refractivity contribution in [2.24, 2.45) is 0 Å². The van der Waals surface area contributed by atoms with Gasteiger partial charge < -0.3 is 5.73 Å². The van der Waals surface area contributed by atoms with Crippen LogP contribution in [0.3, 0.4) is 0 Å². The first-order valence-corrected chi connectivity index (χ1v) is 13.4. The third-order valence-corrected chi connectivity index (χ3v) is 6.65. The number of nitrogens with two attached hydrogens (primary N) is 1. The largest absolute Gasteiger partial charge is 0.399 e. The van der Waals surface area contributed by atoms with E-state index in [4.69, 9.17) is 17.3 Å². The maximum Gasteiger partial charge on any atom is 0.250 e. The van der Waals surface area contributed by atoms with E-state index in [9.17, 15) is 16.8 Å². The van der Waals surface area contributed by atoms with Crippen LogP contribution < -0.4 is 5.73 Å². The number of nitrogen functional groups attached to an aromatic ring is 1. The number of nitrogens with zero attached hydrogens (tertiary/aromatic N) is 6. The van der Waals surface area contributed by atoms with Gasteiger partial charge in [0.1, 0.15) is 15.5 Å². The van der Waals surface area contributed by atoms with E-state index < -0.39 is 19.9 Å². The van der Waals surface area contributed by atoms with Gasteiger partial charge in [-0.2, -0.15) is 14.3 Å². The molecule has 1 aromatic carbocycles. The van der Waals surface area contributed by atoms with Crippen molar-refractivity contribution in [1.29, 1.82) is 0 Å². The molecule has 4 rings (SSSR count). The summed E-state index contributed by atoms with van der Waals surface area (Å²) >= 11 is 6.29. The van der Waals surface area contributed by atoms with Gasteiger partial charge in [0, 0.05) is 22.9 Å². The first-order valence-electron chi connectivity index (χ1n) is 9.14. The molecule has 0 bridgehead atoms. The van der Waals surface area contributed by atoms with Crippen molar-refractivity contribution in [3.8, 4) is 22.8 Å². The second-order valence-electron chi connectivity index (χ2n) is 7.23. The van der Waals surface area contributed by atoms with E-state index in [1.165, 1.54) is 23.3 Å². The second-order valence-corrected chi connectivity index (χ2v) is 11.7. The summed E-state index contributed by atoms with van der Waals surface area (Å²) in [7, 11) is -6.83. The van der Waals surface area contributed by atoms with Crippen molar-refractivity contribution >= 4 is 48.1 Å². The average Bonchev–Trinajstić information content (AvgIpc) is 3.31. The number of anilines is 1. The molecule has 0 unspecified atom stereocenters. The standard InChI is InChI=1S/C18H18ClN7O4S2/c1-31(27,28)6-5-25-17(13-4-3-12(20)7-15(13)24-25)18-21-9-14(19)16(23-18)11-8-22-26(10-11)32(2,29)30/h3-4,7-10H,5-6,20H2,1-2H3. The van der Waals surface area contributed by atoms with Crippen LogP contribution in [0.15, 0.2) is 36.8 Å². The van der Waals surface area contributed by atoms with Crippen LogP contribution >= 0.6 is 11.6 Å². The van der Waals surface area contributed by atoms with Crippen LogP contribution in [0.2, 0.25) is 5.02 Å². The number of benzene rings is 1. The Bertz CT molecular complexity index is 1560. The molecule has 32 heavy (non-hydrogen) atoms. The van der Waals surface area contributed by atoms with Gasteiger partial charge in [-0.3, -0.25) is 4.68 Å². The molecular formula is C18H18ClN7O4S2. The smallest absolute Gasteiger partial charge is 0.250 e. The predicted molar refractivity (Wildman–Crippen MR) is 121 cm³/mol. The van der Waals surface area contributed by atoms with Crippen LogP contribution in [0, 0.1) is 0 Å². The molecular weight excluding hydrogens is 478 g/mol. The first kappa shape index (κ1) is 22.2. The SMILES string of the molecule is CS(=O)(=O)CCn1nc2cc(N)ccc2c1-c1ncc(Cl)c(-c2cnn(S(C)(=O)=O)c2)n1. The van der Waals surface area contributed by atoms with Crippen molar-refractivity contribution in [2.45, 2.75) is 6.54 Å². The number of hydrogen-bond donors (Lipinski definition) is 1. The highest BCUT2D eigenvalue weighted by Crippen LogP contribution is 2.32. The van der Waals surface area contributed by atoms with Gasteiger partial charge in [0.25, 0.3) is 10.0 Å². The van der Waals surface area contributed by atoms with E-state index in [2.05, 4.69) is 20.2 Å². The molecule has 11 nitrogen and oxygen atoms in total. The highest BCUT2D eigenvalue weighted by atomic mass is 35.5. The summed E-state index contributed by atoms with van der Waals surface area (Å²) in [5, 5.41) is 9.19. The van der Waals surface area contributed by atoms with Crippen LogP contribution in [0.25, 0.3) is 33.7 Å². The number of hydrogen-bond acceptors (Lipinski definition) is 9. The highest BCUT2D eigenvalue weighted by Gasteiger charge is 2.20. The molecule has 0 atom stereocenters. The van der Waals surface area contributed by atoms with Crippen molar-refractivity contribution < 1.29 is 16.8 Å². The molecule has 0 fully saturated rings. The lowest BCUT2D eigenvalue weighted by molar-refractivity contribution is 0.585. The van der Waals surface area contributed by atoms with Crippen molar-refractivity contribution in [3.63, 3.8) is 0 Å². The van der Waals surface area contributed by atoms with Crippen LogP contribution in [-0.2, 0) is 26.4 Å². The zero-order valence-electron chi connectivity index (χ0n) is 17.0. The summed E-state index contributed by atoms with van der Waals surface area (Å²) < 4.78 is 49.3. The van der Waals surface area contributed by atoms with E-state index in [1.807, 2.05) is 0 Å². The lowest BCUT2D eigenvalue weighted by Gasteiger charge is -2.08. The third-order valence-electron chi connectivity index (χ3n) is 4.57. The monoisotopic (exact) mass is 495 g/mol. The summed E-state index contributed by atoms with van der Waals surface area (Å²) in [6, 6.07) is 5.12. The van der Waals surface area contributed by atoms with Gasteiger partial charge in [-0.15, -0.1) is 0 Å². The lowest BCUT2D eigenvalue weighted by Crippen LogP contribution is -2.13. The molecule has 0 amide bonds. The fourth-order valence-electron chi connectivity index (χ4n) is 3.09. The first-order chi connectivity index (χ1) is 14.9. The number of halogens is 1. The Balaban J connectivity index is 1.89. The Morgan fingerprint density at radius 3 is 2.53 bits per heavy atom. The van der Waals surface area contributed by atoms with E-state index in [1.54, 1.807) is 18.2 Å². The quantitative estimate of drug-likeness (QED) is 0.391. The molecule has 4 aromatic rings. The van der Waals surface area contributed by atoms with E-state index >= 15 is 0 Å². The molecule has 0 radical (unpaired) electrons. The molecule has 168 valence electrons. The molecule has 0 saturated heterocycles. The lowest BCUT2D eigenvalue weighted by atomic mass is 10.1. The number of aryl methyl sites for hydroxylation is 1. The Hall–Kier alpha value is -3.03. The molecule has 2 N–H and O–H groups in total. The van der Waals surface area contributed by atoms with Gasteiger partial charge in [-0.1, -0.05) is 11.6 Å². The second kappa shape index (κ2) is 7.83. The minimum absolute atomic E-state index is 0.0794. The normalized spacial score (nSPS) is 12.5. The summed E-state index contributed by atoms with van der Waals surface area (Å²) in [4.78, 5) is 8.84. The number of fused-ring (bicyclic) bond motifs is 1. The molecule has 0 saturated carbocycles. The minimum Gasteiger partial charge on any atom is -0.399 e. The van der Waals surface area contributed by atoms with Crippen molar-refractivity contribution in [1.82, 2.24) is 28.9 Å².